The zero-order valence-corrected chi connectivity index (χ0v) is 12.5. The highest BCUT2D eigenvalue weighted by Gasteiger charge is 2.37. The Morgan fingerprint density at radius 3 is 2.75 bits per heavy atom. The average molecular weight is 293 g/mol. The highest BCUT2D eigenvalue weighted by atomic mass is 32.2. The van der Waals surface area contributed by atoms with Crippen LogP contribution >= 0.6 is 0 Å². The van der Waals surface area contributed by atoms with Gasteiger partial charge < -0.3 is 5.73 Å². The van der Waals surface area contributed by atoms with Gasteiger partial charge in [-0.3, -0.25) is 0 Å². The van der Waals surface area contributed by atoms with Gasteiger partial charge in [0.25, 0.3) is 0 Å². The summed E-state index contributed by atoms with van der Waals surface area (Å²) < 4.78 is 27.1. The van der Waals surface area contributed by atoms with Gasteiger partial charge in [0.2, 0.25) is 10.0 Å². The summed E-state index contributed by atoms with van der Waals surface area (Å²) in [6.45, 7) is 4.59. The quantitative estimate of drug-likeness (QED) is 0.908. The lowest BCUT2D eigenvalue weighted by Crippen LogP contribution is -2.34. The third-order valence-corrected chi connectivity index (χ3v) is 5.96. The molecule has 1 aromatic carbocycles. The molecule has 2 unspecified atom stereocenters. The first-order valence-corrected chi connectivity index (χ1v) is 8.06. The van der Waals surface area contributed by atoms with E-state index in [0.717, 1.165) is 6.42 Å². The van der Waals surface area contributed by atoms with E-state index in [1.54, 1.807) is 19.1 Å². The summed E-state index contributed by atoms with van der Waals surface area (Å²) >= 11 is 0. The molecule has 0 amide bonds. The minimum atomic E-state index is -3.57. The number of benzene rings is 1. The molecule has 1 heterocycles. The summed E-state index contributed by atoms with van der Waals surface area (Å²) in [5, 5.41) is 8.94. The minimum Gasteiger partial charge on any atom is -0.330 e. The van der Waals surface area contributed by atoms with Gasteiger partial charge in [-0.15, -0.1) is 0 Å². The van der Waals surface area contributed by atoms with Gasteiger partial charge >= 0.3 is 0 Å². The highest BCUT2D eigenvalue weighted by molar-refractivity contribution is 7.89. The van der Waals surface area contributed by atoms with Gasteiger partial charge in [-0.1, -0.05) is 6.07 Å². The largest absolute Gasteiger partial charge is 0.330 e. The van der Waals surface area contributed by atoms with Crippen molar-refractivity contribution in [3.05, 3.63) is 29.3 Å². The van der Waals surface area contributed by atoms with Gasteiger partial charge in [-0.2, -0.15) is 9.57 Å². The van der Waals surface area contributed by atoms with Crippen LogP contribution in [0.5, 0.6) is 0 Å². The van der Waals surface area contributed by atoms with E-state index in [4.69, 9.17) is 11.0 Å². The molecule has 108 valence electrons. The number of nitriles is 1. The number of sulfonamides is 1. The lowest BCUT2D eigenvalue weighted by molar-refractivity contribution is 0.404. The van der Waals surface area contributed by atoms with Crippen molar-refractivity contribution in [2.45, 2.75) is 31.2 Å². The van der Waals surface area contributed by atoms with Crippen LogP contribution in [0.4, 0.5) is 0 Å². The molecule has 0 aromatic heterocycles. The standard InChI is InChI=1S/C14H19N3O2S/c1-10-3-4-12(7-15)6-14(10)20(18,19)17-9-13(8-16)5-11(17)2/h3-4,6,11,13H,5,8-9,16H2,1-2H3. The molecule has 2 N–H and O–H groups in total. The zero-order chi connectivity index (χ0) is 14.9. The van der Waals surface area contributed by atoms with E-state index in [1.807, 2.05) is 13.0 Å². The third kappa shape index (κ3) is 2.57. The monoisotopic (exact) mass is 293 g/mol. The van der Waals surface area contributed by atoms with Crippen LogP contribution in [0.25, 0.3) is 0 Å². The van der Waals surface area contributed by atoms with Crippen molar-refractivity contribution in [1.82, 2.24) is 4.31 Å². The van der Waals surface area contributed by atoms with E-state index < -0.39 is 10.0 Å². The number of nitrogens with zero attached hydrogens (tertiary/aromatic N) is 2. The van der Waals surface area contributed by atoms with Gasteiger partial charge in [-0.05, 0) is 50.4 Å². The Bertz CT molecular complexity index is 649. The first kappa shape index (κ1) is 15.0. The SMILES string of the molecule is Cc1ccc(C#N)cc1S(=O)(=O)N1CC(CN)CC1C. The van der Waals surface area contributed by atoms with Crippen LogP contribution in [0.2, 0.25) is 0 Å². The number of aryl methyl sites for hydroxylation is 1. The fraction of sp³-hybridized carbons (Fsp3) is 0.500. The number of nitrogens with two attached hydrogens (primary N) is 1. The average Bonchev–Trinajstić information content (AvgIpc) is 2.81. The summed E-state index contributed by atoms with van der Waals surface area (Å²) in [6, 6.07) is 6.68. The molecule has 1 aliphatic rings. The van der Waals surface area contributed by atoms with E-state index >= 15 is 0 Å². The lowest BCUT2D eigenvalue weighted by Gasteiger charge is -2.22. The van der Waals surface area contributed by atoms with Crippen molar-refractivity contribution < 1.29 is 8.42 Å². The van der Waals surface area contributed by atoms with Gasteiger partial charge in [0.15, 0.2) is 0 Å². The Labute approximate surface area is 120 Å². The summed E-state index contributed by atoms with van der Waals surface area (Å²) in [7, 11) is -3.57. The van der Waals surface area contributed by atoms with Crippen molar-refractivity contribution in [3.8, 4) is 6.07 Å². The van der Waals surface area contributed by atoms with Crippen LogP contribution in [-0.2, 0) is 10.0 Å². The number of rotatable bonds is 3. The molecule has 1 aliphatic heterocycles. The van der Waals surface area contributed by atoms with Crippen molar-refractivity contribution in [3.63, 3.8) is 0 Å². The maximum absolute atomic E-state index is 12.8. The van der Waals surface area contributed by atoms with Crippen molar-refractivity contribution in [2.75, 3.05) is 13.1 Å². The Morgan fingerprint density at radius 2 is 2.20 bits per heavy atom. The molecule has 6 heteroatoms. The second kappa shape index (κ2) is 5.52. The minimum absolute atomic E-state index is 0.0568. The van der Waals surface area contributed by atoms with Crippen molar-refractivity contribution in [1.29, 1.82) is 5.26 Å². The molecule has 5 nitrogen and oxygen atoms in total. The summed E-state index contributed by atoms with van der Waals surface area (Å²) in [5.41, 5.74) is 6.67. The Hall–Kier alpha value is -1.42. The predicted octanol–water partition coefficient (Wildman–Crippen LogP) is 1.22. The summed E-state index contributed by atoms with van der Waals surface area (Å²) in [4.78, 5) is 0.223. The molecule has 1 aromatic rings. The van der Waals surface area contributed by atoms with Crippen molar-refractivity contribution >= 4 is 10.0 Å². The molecule has 0 spiro atoms. The lowest BCUT2D eigenvalue weighted by atomic mass is 10.1. The van der Waals surface area contributed by atoms with Crippen LogP contribution in [0.15, 0.2) is 23.1 Å². The maximum atomic E-state index is 12.8. The van der Waals surface area contributed by atoms with Gasteiger partial charge in [-0.25, -0.2) is 8.42 Å². The molecule has 0 radical (unpaired) electrons. The van der Waals surface area contributed by atoms with Gasteiger partial charge in [0, 0.05) is 12.6 Å². The fourth-order valence-electron chi connectivity index (χ4n) is 2.69. The molecule has 0 aliphatic carbocycles. The molecule has 20 heavy (non-hydrogen) atoms. The van der Waals surface area contributed by atoms with E-state index in [0.29, 0.717) is 24.2 Å². The molecule has 1 fully saturated rings. The first-order valence-electron chi connectivity index (χ1n) is 6.62. The smallest absolute Gasteiger partial charge is 0.243 e. The van der Waals surface area contributed by atoms with E-state index in [9.17, 15) is 8.42 Å². The van der Waals surface area contributed by atoms with Crippen LogP contribution in [0.1, 0.15) is 24.5 Å². The Kier molecular flexibility index (Phi) is 4.14. The predicted molar refractivity (Wildman–Crippen MR) is 76.4 cm³/mol. The molecule has 2 rings (SSSR count). The second-order valence-corrected chi connectivity index (χ2v) is 7.21. The van der Waals surface area contributed by atoms with E-state index in [1.165, 1.54) is 10.4 Å². The zero-order valence-electron chi connectivity index (χ0n) is 11.7. The Balaban J connectivity index is 2.44. The van der Waals surface area contributed by atoms with E-state index in [-0.39, 0.29) is 16.9 Å². The van der Waals surface area contributed by atoms with Crippen LogP contribution < -0.4 is 5.73 Å². The second-order valence-electron chi connectivity index (χ2n) is 5.35. The summed E-state index contributed by atoms with van der Waals surface area (Å²) in [5.74, 6) is 0.208. The molecule has 1 saturated heterocycles. The highest BCUT2D eigenvalue weighted by Crippen LogP contribution is 2.30. The topological polar surface area (TPSA) is 87.2 Å². The molecule has 2 atom stereocenters. The fourth-order valence-corrected chi connectivity index (χ4v) is 4.66. The molecular weight excluding hydrogens is 274 g/mol. The number of hydrogen-bond donors (Lipinski definition) is 1. The third-order valence-electron chi connectivity index (χ3n) is 3.84. The molecule has 0 bridgehead atoms. The Morgan fingerprint density at radius 1 is 1.50 bits per heavy atom. The molecule has 0 saturated carbocycles. The normalized spacial score (nSPS) is 23.7. The van der Waals surface area contributed by atoms with Crippen molar-refractivity contribution in [2.24, 2.45) is 11.7 Å². The van der Waals surface area contributed by atoms with Crippen LogP contribution in [-0.4, -0.2) is 31.9 Å². The number of hydrogen-bond acceptors (Lipinski definition) is 4. The van der Waals surface area contributed by atoms with Crippen LogP contribution in [0.3, 0.4) is 0 Å². The maximum Gasteiger partial charge on any atom is 0.243 e. The van der Waals surface area contributed by atoms with Crippen LogP contribution in [0, 0.1) is 24.2 Å². The molecular formula is C14H19N3O2S. The summed E-state index contributed by atoms with van der Waals surface area (Å²) in [6.07, 6.45) is 0.784. The first-order chi connectivity index (χ1) is 9.40. The van der Waals surface area contributed by atoms with Gasteiger partial charge in [0.1, 0.15) is 0 Å². The van der Waals surface area contributed by atoms with Gasteiger partial charge in [0.05, 0.1) is 16.5 Å². The van der Waals surface area contributed by atoms with E-state index in [2.05, 4.69) is 0 Å².